The molecule has 0 aliphatic heterocycles. The maximum Gasteiger partial charge on any atom is 0.223 e. The van der Waals surface area contributed by atoms with E-state index in [9.17, 15) is 4.79 Å². The van der Waals surface area contributed by atoms with Crippen molar-refractivity contribution < 1.29 is 9.53 Å². The smallest absolute Gasteiger partial charge is 0.223 e. The number of benzene rings is 1. The molecule has 3 N–H and O–H groups in total. The molecule has 1 aliphatic carbocycles. The molecule has 0 unspecified atom stereocenters. The van der Waals surface area contributed by atoms with Crippen LogP contribution < -0.4 is 11.1 Å². The van der Waals surface area contributed by atoms with Crippen LogP contribution in [0.15, 0.2) is 24.3 Å². The minimum atomic E-state index is -0.0218. The molecule has 3 atom stereocenters. The number of rotatable bonds is 9. The number of ether oxygens (including phenoxy) is 1. The van der Waals surface area contributed by atoms with E-state index in [4.69, 9.17) is 10.5 Å². The summed E-state index contributed by atoms with van der Waals surface area (Å²) in [5.41, 5.74) is 8.89. The first-order valence-electron chi connectivity index (χ1n) is 9.39. The summed E-state index contributed by atoms with van der Waals surface area (Å²) in [5.74, 6) is 2.12. The Morgan fingerprint density at radius 2 is 2.12 bits per heavy atom. The fourth-order valence-corrected chi connectivity index (χ4v) is 4.17. The molecule has 4 nitrogen and oxygen atoms in total. The van der Waals surface area contributed by atoms with Crippen molar-refractivity contribution in [3.63, 3.8) is 0 Å². The molecule has 1 saturated carbocycles. The highest BCUT2D eigenvalue weighted by Gasteiger charge is 2.32. The quantitative estimate of drug-likeness (QED) is 0.620. The molecule has 0 radical (unpaired) electrons. The van der Waals surface area contributed by atoms with Crippen molar-refractivity contribution in [2.75, 3.05) is 18.9 Å². The minimum absolute atomic E-state index is 0. The highest BCUT2D eigenvalue weighted by Crippen LogP contribution is 2.26. The zero-order valence-electron chi connectivity index (χ0n) is 15.9. The van der Waals surface area contributed by atoms with E-state index in [1.165, 1.54) is 11.1 Å². The van der Waals surface area contributed by atoms with Crippen LogP contribution in [0.1, 0.15) is 43.7 Å². The Morgan fingerprint density at radius 3 is 2.81 bits per heavy atom. The summed E-state index contributed by atoms with van der Waals surface area (Å²) >= 11 is 1.86. The normalized spacial score (nSPS) is 22.5. The molecule has 2 rings (SSSR count). The Hall–Kier alpha value is -0.750. The van der Waals surface area contributed by atoms with Crippen LogP contribution in [0.4, 0.5) is 0 Å². The molecule has 148 valence electrons. The number of amides is 1. The molecule has 0 bridgehead atoms. The summed E-state index contributed by atoms with van der Waals surface area (Å²) in [4.78, 5) is 12.3. The van der Waals surface area contributed by atoms with Crippen molar-refractivity contribution in [2.24, 2.45) is 11.7 Å². The van der Waals surface area contributed by atoms with E-state index < -0.39 is 0 Å². The summed E-state index contributed by atoms with van der Waals surface area (Å²) in [7, 11) is 0. The standard InChI is InChI=1S/C20H32N2O2S.ClH/c1-3-11-24-19-9-8-16(13-18(19)21)20(23)22-10-12-25-14-17-7-5-4-6-15(17)2;/h4-7,16,18-19H,3,8-14,21H2,1-2H3,(H,22,23);1H/t16-,18+,19+;/m0./s1. The minimum Gasteiger partial charge on any atom is -0.377 e. The second-order valence-corrected chi connectivity index (χ2v) is 7.96. The molecule has 0 heterocycles. The molecule has 1 amide bonds. The number of hydrogen-bond donors (Lipinski definition) is 2. The highest BCUT2D eigenvalue weighted by atomic mass is 35.5. The van der Waals surface area contributed by atoms with Crippen LogP contribution in [0.5, 0.6) is 0 Å². The van der Waals surface area contributed by atoms with Crippen molar-refractivity contribution in [2.45, 2.75) is 57.4 Å². The van der Waals surface area contributed by atoms with Gasteiger partial charge in [-0.1, -0.05) is 31.2 Å². The third kappa shape index (κ3) is 7.47. The Balaban J connectivity index is 0.00000338. The molecule has 0 saturated heterocycles. The number of nitrogens with one attached hydrogen (secondary N) is 1. The van der Waals surface area contributed by atoms with Gasteiger partial charge in [0.1, 0.15) is 0 Å². The van der Waals surface area contributed by atoms with Gasteiger partial charge in [-0.3, -0.25) is 4.79 Å². The first-order valence-corrected chi connectivity index (χ1v) is 10.5. The third-order valence-electron chi connectivity index (χ3n) is 4.81. The van der Waals surface area contributed by atoms with Crippen LogP contribution >= 0.6 is 24.2 Å². The Bertz CT molecular complexity index is 544. The van der Waals surface area contributed by atoms with Gasteiger partial charge in [0.2, 0.25) is 5.91 Å². The molecule has 26 heavy (non-hydrogen) atoms. The molecule has 0 spiro atoms. The van der Waals surface area contributed by atoms with Gasteiger partial charge in [0.25, 0.3) is 0 Å². The maximum absolute atomic E-state index is 12.3. The highest BCUT2D eigenvalue weighted by molar-refractivity contribution is 7.98. The van der Waals surface area contributed by atoms with Crippen LogP contribution in [0.25, 0.3) is 0 Å². The predicted molar refractivity (Wildman–Crippen MR) is 113 cm³/mol. The first-order chi connectivity index (χ1) is 12.1. The molecule has 1 aliphatic rings. The first kappa shape index (κ1) is 23.3. The van der Waals surface area contributed by atoms with Crippen LogP contribution in [0, 0.1) is 12.8 Å². The van der Waals surface area contributed by atoms with Crippen molar-refractivity contribution in [1.29, 1.82) is 0 Å². The Kier molecular flexibility index (Phi) is 11.3. The third-order valence-corrected chi connectivity index (χ3v) is 5.81. The zero-order chi connectivity index (χ0) is 18.1. The van der Waals surface area contributed by atoms with Gasteiger partial charge in [-0.05, 0) is 43.7 Å². The van der Waals surface area contributed by atoms with E-state index in [2.05, 4.69) is 43.4 Å². The molecular weight excluding hydrogens is 368 g/mol. The van der Waals surface area contributed by atoms with Gasteiger partial charge in [0.05, 0.1) is 6.10 Å². The van der Waals surface area contributed by atoms with E-state index in [1.807, 2.05) is 11.8 Å². The number of nitrogens with two attached hydrogens (primary N) is 1. The van der Waals surface area contributed by atoms with E-state index in [1.54, 1.807) is 0 Å². The number of carbonyl (C=O) groups is 1. The van der Waals surface area contributed by atoms with Crippen molar-refractivity contribution in [3.05, 3.63) is 35.4 Å². The number of aryl methyl sites for hydroxylation is 1. The Labute approximate surface area is 168 Å². The second kappa shape index (κ2) is 12.6. The zero-order valence-corrected chi connectivity index (χ0v) is 17.5. The van der Waals surface area contributed by atoms with Crippen molar-refractivity contribution in [1.82, 2.24) is 5.32 Å². The second-order valence-electron chi connectivity index (χ2n) is 6.85. The van der Waals surface area contributed by atoms with E-state index in [0.717, 1.165) is 50.3 Å². The largest absolute Gasteiger partial charge is 0.377 e. The topological polar surface area (TPSA) is 64.3 Å². The van der Waals surface area contributed by atoms with Crippen molar-refractivity contribution in [3.8, 4) is 0 Å². The lowest BCUT2D eigenvalue weighted by molar-refractivity contribution is -0.127. The lowest BCUT2D eigenvalue weighted by Gasteiger charge is -2.33. The van der Waals surface area contributed by atoms with Gasteiger partial charge in [-0.15, -0.1) is 12.4 Å². The van der Waals surface area contributed by atoms with Gasteiger partial charge in [0, 0.05) is 36.6 Å². The maximum atomic E-state index is 12.3. The van der Waals surface area contributed by atoms with Crippen LogP contribution in [-0.4, -0.2) is 37.0 Å². The van der Waals surface area contributed by atoms with Gasteiger partial charge in [0.15, 0.2) is 0 Å². The van der Waals surface area contributed by atoms with Crippen LogP contribution in [0.2, 0.25) is 0 Å². The van der Waals surface area contributed by atoms with Gasteiger partial charge in [-0.25, -0.2) is 0 Å². The van der Waals surface area contributed by atoms with Gasteiger partial charge < -0.3 is 15.8 Å². The summed E-state index contributed by atoms with van der Waals surface area (Å²) in [6.07, 6.45) is 3.63. The molecule has 1 aromatic carbocycles. The predicted octanol–water partition coefficient (Wildman–Crippen LogP) is 3.69. The monoisotopic (exact) mass is 400 g/mol. The number of thioether (sulfide) groups is 1. The summed E-state index contributed by atoms with van der Waals surface area (Å²) in [6, 6.07) is 8.43. The summed E-state index contributed by atoms with van der Waals surface area (Å²) in [5, 5.41) is 3.08. The van der Waals surface area contributed by atoms with Gasteiger partial charge in [-0.2, -0.15) is 11.8 Å². The van der Waals surface area contributed by atoms with Crippen LogP contribution in [0.3, 0.4) is 0 Å². The van der Waals surface area contributed by atoms with Crippen LogP contribution in [-0.2, 0) is 15.3 Å². The van der Waals surface area contributed by atoms with E-state index >= 15 is 0 Å². The fraction of sp³-hybridized carbons (Fsp3) is 0.650. The summed E-state index contributed by atoms with van der Waals surface area (Å²) in [6.45, 7) is 5.72. The molecular formula is C20H33ClN2O2S. The average Bonchev–Trinajstić information content (AvgIpc) is 2.61. The number of carbonyl (C=O) groups excluding carboxylic acids is 1. The lowest BCUT2D eigenvalue weighted by Crippen LogP contribution is -2.46. The number of hydrogen-bond acceptors (Lipinski definition) is 4. The van der Waals surface area contributed by atoms with Gasteiger partial charge >= 0.3 is 0 Å². The average molecular weight is 401 g/mol. The Morgan fingerprint density at radius 1 is 1.35 bits per heavy atom. The van der Waals surface area contributed by atoms with E-state index in [0.29, 0.717) is 0 Å². The molecule has 6 heteroatoms. The SMILES string of the molecule is CCCO[C@@H]1CC[C@H](C(=O)NCCSCc2ccccc2C)C[C@H]1N.Cl. The fourth-order valence-electron chi connectivity index (χ4n) is 3.24. The van der Waals surface area contributed by atoms with E-state index in [-0.39, 0.29) is 36.4 Å². The molecule has 0 aromatic heterocycles. The number of halogens is 1. The lowest BCUT2D eigenvalue weighted by atomic mass is 9.83. The molecule has 1 fully saturated rings. The van der Waals surface area contributed by atoms with Crippen molar-refractivity contribution >= 4 is 30.1 Å². The summed E-state index contributed by atoms with van der Waals surface area (Å²) < 4.78 is 5.78. The molecule has 1 aromatic rings.